The fourth-order valence-electron chi connectivity index (χ4n) is 3.29. The summed E-state index contributed by atoms with van der Waals surface area (Å²) in [5.74, 6) is 0.178. The highest BCUT2D eigenvalue weighted by atomic mass is 35.5. The molecule has 0 saturated heterocycles. The molecule has 0 spiro atoms. The van der Waals surface area contributed by atoms with Crippen LogP contribution in [0.3, 0.4) is 0 Å². The van der Waals surface area contributed by atoms with E-state index in [1.807, 2.05) is 0 Å². The third-order valence-electron chi connectivity index (χ3n) is 4.97. The van der Waals surface area contributed by atoms with Gasteiger partial charge < -0.3 is 14.2 Å². The van der Waals surface area contributed by atoms with E-state index in [4.69, 9.17) is 21.1 Å². The van der Waals surface area contributed by atoms with Crippen molar-refractivity contribution < 1.29 is 27.4 Å². The second-order valence-electron chi connectivity index (χ2n) is 7.28. The first-order chi connectivity index (χ1) is 16.2. The molecule has 178 valence electrons. The molecule has 4 rings (SSSR count). The number of ether oxygens (including phenoxy) is 3. The number of benzene rings is 2. The highest BCUT2D eigenvalue weighted by Crippen LogP contribution is 2.27. The summed E-state index contributed by atoms with van der Waals surface area (Å²) in [6, 6.07) is 15.8. The van der Waals surface area contributed by atoms with Crippen molar-refractivity contribution >= 4 is 17.2 Å². The number of fused-ring (bicyclic) bond motifs is 1. The molecule has 0 aliphatic rings. The largest absolute Gasteiger partial charge is 0.573 e. The van der Waals surface area contributed by atoms with Gasteiger partial charge in [0, 0.05) is 13.3 Å². The zero-order valence-corrected chi connectivity index (χ0v) is 18.6. The van der Waals surface area contributed by atoms with Crippen LogP contribution in [0, 0.1) is 0 Å². The van der Waals surface area contributed by atoms with Crippen LogP contribution in [0.25, 0.3) is 16.8 Å². The molecule has 0 radical (unpaired) electrons. The van der Waals surface area contributed by atoms with E-state index in [0.29, 0.717) is 27.5 Å². The minimum atomic E-state index is -4.76. The van der Waals surface area contributed by atoms with E-state index in [0.717, 1.165) is 0 Å². The van der Waals surface area contributed by atoms with Crippen molar-refractivity contribution in [2.24, 2.45) is 0 Å². The number of halogens is 4. The Morgan fingerprint density at radius 2 is 1.74 bits per heavy atom. The van der Waals surface area contributed by atoms with E-state index in [-0.39, 0.29) is 18.9 Å². The van der Waals surface area contributed by atoms with Gasteiger partial charge in [-0.1, -0.05) is 35.9 Å². The van der Waals surface area contributed by atoms with Gasteiger partial charge in [-0.05, 0) is 47.5 Å². The molecule has 2 aromatic heterocycles. The molecule has 1 atom stereocenters. The number of nitrogens with zero attached hydrogens (tertiary/aromatic N) is 3. The van der Waals surface area contributed by atoms with Crippen LogP contribution in [0.4, 0.5) is 13.2 Å². The first-order valence-electron chi connectivity index (χ1n) is 10.1. The van der Waals surface area contributed by atoms with E-state index >= 15 is 0 Å². The molecule has 4 aromatic rings. The maximum atomic E-state index is 12.9. The summed E-state index contributed by atoms with van der Waals surface area (Å²) in [7, 11) is 1.51. The molecule has 0 aliphatic heterocycles. The Bertz CT molecular complexity index is 1340. The summed E-state index contributed by atoms with van der Waals surface area (Å²) in [4.78, 5) is 12.9. The van der Waals surface area contributed by atoms with Crippen molar-refractivity contribution in [1.29, 1.82) is 0 Å². The van der Waals surface area contributed by atoms with Gasteiger partial charge >= 0.3 is 12.1 Å². The molecular weight excluding hydrogens is 475 g/mol. The van der Waals surface area contributed by atoms with E-state index in [9.17, 15) is 18.0 Å². The highest BCUT2D eigenvalue weighted by molar-refractivity contribution is 6.32. The molecule has 0 amide bonds. The van der Waals surface area contributed by atoms with Crippen LogP contribution in [-0.4, -0.2) is 40.4 Å². The quantitative estimate of drug-likeness (QED) is 0.352. The SMILES string of the molecule is CO[C@@H](COc1ccccc1Cl)Cn1nc2ccc(-c3ccc(OC(F)(F)F)cc3)cn2c1=O. The fourth-order valence-corrected chi connectivity index (χ4v) is 3.48. The minimum absolute atomic E-state index is 0.139. The Balaban J connectivity index is 1.51. The molecule has 0 fully saturated rings. The Labute approximate surface area is 196 Å². The van der Waals surface area contributed by atoms with Gasteiger partial charge in [-0.3, -0.25) is 0 Å². The van der Waals surface area contributed by atoms with Gasteiger partial charge in [-0.25, -0.2) is 13.9 Å². The van der Waals surface area contributed by atoms with E-state index < -0.39 is 18.2 Å². The van der Waals surface area contributed by atoms with E-state index in [2.05, 4.69) is 9.84 Å². The molecule has 0 unspecified atom stereocenters. The maximum Gasteiger partial charge on any atom is 0.573 e. The van der Waals surface area contributed by atoms with Gasteiger partial charge in [0.05, 0.1) is 11.6 Å². The Morgan fingerprint density at radius 3 is 2.41 bits per heavy atom. The van der Waals surface area contributed by atoms with Gasteiger partial charge in [-0.2, -0.15) is 0 Å². The average Bonchev–Trinajstić information content (AvgIpc) is 3.11. The molecule has 2 aromatic carbocycles. The van der Waals surface area contributed by atoms with Crippen molar-refractivity contribution in [2.45, 2.75) is 19.0 Å². The normalized spacial score (nSPS) is 12.6. The number of pyridine rings is 1. The third kappa shape index (κ3) is 5.52. The fraction of sp³-hybridized carbons (Fsp3) is 0.217. The minimum Gasteiger partial charge on any atom is -0.489 e. The molecule has 0 N–H and O–H groups in total. The second kappa shape index (κ2) is 9.78. The number of rotatable bonds is 8. The second-order valence-corrected chi connectivity index (χ2v) is 7.69. The maximum absolute atomic E-state index is 12.9. The topological polar surface area (TPSA) is 67.0 Å². The predicted octanol–water partition coefficient (Wildman–Crippen LogP) is 4.81. The van der Waals surface area contributed by atoms with Crippen LogP contribution >= 0.6 is 11.6 Å². The predicted molar refractivity (Wildman–Crippen MR) is 119 cm³/mol. The standard InChI is InChI=1S/C23H19ClF3N3O4/c1-32-18(14-33-20-5-3-2-4-19(20)24)13-30-22(31)29-12-16(8-11-21(29)28-30)15-6-9-17(10-7-15)34-23(25,26)27/h2-12,18H,13-14H2,1H3/t18-/m1/s1. The average molecular weight is 494 g/mol. The van der Waals surface area contributed by atoms with Gasteiger partial charge in [0.15, 0.2) is 5.65 Å². The summed E-state index contributed by atoms with van der Waals surface area (Å²) in [5.41, 5.74) is 1.25. The number of hydrogen-bond donors (Lipinski definition) is 0. The zero-order valence-electron chi connectivity index (χ0n) is 17.8. The van der Waals surface area contributed by atoms with Gasteiger partial charge in [0.2, 0.25) is 0 Å². The van der Waals surface area contributed by atoms with Crippen molar-refractivity contribution in [1.82, 2.24) is 14.2 Å². The van der Waals surface area contributed by atoms with Gasteiger partial charge in [0.25, 0.3) is 0 Å². The lowest BCUT2D eigenvalue weighted by atomic mass is 10.1. The van der Waals surface area contributed by atoms with Crippen LogP contribution < -0.4 is 15.2 Å². The van der Waals surface area contributed by atoms with Crippen LogP contribution in [0.15, 0.2) is 71.7 Å². The first kappa shape index (κ1) is 23.7. The summed E-state index contributed by atoms with van der Waals surface area (Å²) in [6.07, 6.45) is -3.66. The highest BCUT2D eigenvalue weighted by Gasteiger charge is 2.31. The number of alkyl halides is 3. The van der Waals surface area contributed by atoms with Crippen molar-refractivity contribution in [2.75, 3.05) is 13.7 Å². The molecule has 0 saturated carbocycles. The number of para-hydroxylation sites is 1. The summed E-state index contributed by atoms with van der Waals surface area (Å²) < 4.78 is 54.7. The molecule has 0 bridgehead atoms. The van der Waals surface area contributed by atoms with E-state index in [1.165, 1.54) is 40.5 Å². The molecule has 34 heavy (non-hydrogen) atoms. The van der Waals surface area contributed by atoms with Crippen LogP contribution in [0.5, 0.6) is 11.5 Å². The molecule has 2 heterocycles. The summed E-state index contributed by atoms with van der Waals surface area (Å²) in [5, 5.41) is 4.79. The van der Waals surface area contributed by atoms with Crippen LogP contribution in [0.1, 0.15) is 0 Å². The Morgan fingerprint density at radius 1 is 1.03 bits per heavy atom. The third-order valence-corrected chi connectivity index (χ3v) is 5.28. The van der Waals surface area contributed by atoms with Crippen LogP contribution in [-0.2, 0) is 11.3 Å². The molecule has 0 aliphatic carbocycles. The molecular formula is C23H19ClF3N3O4. The van der Waals surface area contributed by atoms with Crippen LogP contribution in [0.2, 0.25) is 5.02 Å². The number of aromatic nitrogens is 3. The first-order valence-corrected chi connectivity index (χ1v) is 10.5. The Kier molecular flexibility index (Phi) is 6.80. The lowest BCUT2D eigenvalue weighted by molar-refractivity contribution is -0.274. The monoisotopic (exact) mass is 493 g/mol. The summed E-state index contributed by atoms with van der Waals surface area (Å²) in [6.45, 7) is 0.290. The Hall–Kier alpha value is -3.50. The van der Waals surface area contributed by atoms with Gasteiger partial charge in [-0.15, -0.1) is 18.3 Å². The smallest absolute Gasteiger partial charge is 0.489 e. The van der Waals surface area contributed by atoms with Crippen molar-refractivity contribution in [3.05, 3.63) is 82.4 Å². The molecule has 7 nitrogen and oxygen atoms in total. The number of methoxy groups -OCH3 is 1. The lowest BCUT2D eigenvalue weighted by Crippen LogP contribution is -2.32. The summed E-state index contributed by atoms with van der Waals surface area (Å²) >= 11 is 6.10. The molecule has 11 heteroatoms. The van der Waals surface area contributed by atoms with E-state index in [1.54, 1.807) is 42.6 Å². The lowest BCUT2D eigenvalue weighted by Gasteiger charge is -2.16. The van der Waals surface area contributed by atoms with Crippen molar-refractivity contribution in [3.8, 4) is 22.6 Å². The zero-order chi connectivity index (χ0) is 24.3. The number of hydrogen-bond acceptors (Lipinski definition) is 5. The van der Waals surface area contributed by atoms with Gasteiger partial charge in [0.1, 0.15) is 24.2 Å². The van der Waals surface area contributed by atoms with Crippen molar-refractivity contribution in [3.63, 3.8) is 0 Å².